The van der Waals surface area contributed by atoms with E-state index in [2.05, 4.69) is 17.2 Å². The van der Waals surface area contributed by atoms with Crippen molar-refractivity contribution in [2.45, 2.75) is 6.92 Å². The molecule has 96 valence electrons. The summed E-state index contributed by atoms with van der Waals surface area (Å²) in [6, 6.07) is 4.33. The monoisotopic (exact) mass is 250 g/mol. The van der Waals surface area contributed by atoms with Gasteiger partial charge in [0, 0.05) is 13.1 Å². The van der Waals surface area contributed by atoms with E-state index in [1.807, 2.05) is 0 Å². The normalized spacial score (nSPS) is 9.67. The van der Waals surface area contributed by atoms with Crippen molar-refractivity contribution in [2.24, 2.45) is 0 Å². The topological polar surface area (TPSA) is 58.2 Å². The first-order chi connectivity index (χ1) is 8.54. The van der Waals surface area contributed by atoms with E-state index in [0.717, 1.165) is 11.6 Å². The molecule has 1 aromatic carbocycles. The zero-order chi connectivity index (χ0) is 13.5. The van der Waals surface area contributed by atoms with Gasteiger partial charge in [0.15, 0.2) is 0 Å². The molecule has 0 radical (unpaired) electrons. The molecule has 0 heterocycles. The van der Waals surface area contributed by atoms with Crippen LogP contribution in [0.2, 0.25) is 0 Å². The number of amides is 2. The average molecular weight is 250 g/mol. The van der Waals surface area contributed by atoms with E-state index in [0.29, 0.717) is 0 Å². The Morgan fingerprint density at radius 3 is 2.67 bits per heavy atom. The second-order valence-corrected chi connectivity index (χ2v) is 3.73. The van der Waals surface area contributed by atoms with Crippen LogP contribution in [0.25, 0.3) is 0 Å². The predicted molar refractivity (Wildman–Crippen MR) is 66.7 cm³/mol. The molecule has 0 aliphatic heterocycles. The largest absolute Gasteiger partial charge is 0.351 e. The zero-order valence-electron chi connectivity index (χ0n) is 10.1. The van der Waals surface area contributed by atoms with Gasteiger partial charge in [0.1, 0.15) is 5.82 Å². The second kappa shape index (κ2) is 6.54. The second-order valence-electron chi connectivity index (χ2n) is 3.73. The SMILES string of the molecule is C=CC(=O)NCCNC(=O)c1cc(C)ccc1F. The van der Waals surface area contributed by atoms with Crippen molar-refractivity contribution in [1.82, 2.24) is 10.6 Å². The molecular formula is C13H15FN2O2. The molecule has 0 atom stereocenters. The first kappa shape index (κ1) is 13.9. The molecule has 0 fully saturated rings. The molecule has 2 N–H and O–H groups in total. The smallest absolute Gasteiger partial charge is 0.254 e. The Kier molecular flexibility index (Phi) is 5.05. The number of carbonyl (C=O) groups excluding carboxylic acids is 2. The molecule has 0 aliphatic carbocycles. The highest BCUT2D eigenvalue weighted by atomic mass is 19.1. The number of nitrogens with one attached hydrogen (secondary N) is 2. The van der Waals surface area contributed by atoms with E-state index in [-0.39, 0.29) is 24.6 Å². The van der Waals surface area contributed by atoms with Crippen LogP contribution in [-0.4, -0.2) is 24.9 Å². The number of hydrogen-bond donors (Lipinski definition) is 2. The van der Waals surface area contributed by atoms with Gasteiger partial charge in [-0.2, -0.15) is 0 Å². The van der Waals surface area contributed by atoms with Crippen LogP contribution < -0.4 is 10.6 Å². The van der Waals surface area contributed by atoms with Crippen molar-refractivity contribution in [3.05, 3.63) is 47.8 Å². The van der Waals surface area contributed by atoms with Crippen LogP contribution in [0.5, 0.6) is 0 Å². The maximum absolute atomic E-state index is 13.4. The fraction of sp³-hybridized carbons (Fsp3) is 0.231. The zero-order valence-corrected chi connectivity index (χ0v) is 10.1. The molecule has 0 aliphatic rings. The first-order valence-electron chi connectivity index (χ1n) is 5.49. The van der Waals surface area contributed by atoms with E-state index < -0.39 is 11.7 Å². The van der Waals surface area contributed by atoms with Crippen LogP contribution in [0.4, 0.5) is 4.39 Å². The molecule has 0 aromatic heterocycles. The molecular weight excluding hydrogens is 235 g/mol. The molecule has 4 nitrogen and oxygen atoms in total. The van der Waals surface area contributed by atoms with Gasteiger partial charge in [-0.15, -0.1) is 0 Å². The third-order valence-electron chi connectivity index (χ3n) is 2.26. The average Bonchev–Trinajstić information content (AvgIpc) is 2.36. The summed E-state index contributed by atoms with van der Waals surface area (Å²) >= 11 is 0. The summed E-state index contributed by atoms with van der Waals surface area (Å²) in [6.07, 6.45) is 1.14. The fourth-order valence-electron chi connectivity index (χ4n) is 1.34. The molecule has 0 bridgehead atoms. The lowest BCUT2D eigenvalue weighted by molar-refractivity contribution is -0.116. The van der Waals surface area contributed by atoms with Crippen LogP contribution >= 0.6 is 0 Å². The number of hydrogen-bond acceptors (Lipinski definition) is 2. The molecule has 18 heavy (non-hydrogen) atoms. The molecule has 0 spiro atoms. The highest BCUT2D eigenvalue weighted by Crippen LogP contribution is 2.09. The van der Waals surface area contributed by atoms with Crippen LogP contribution in [0.1, 0.15) is 15.9 Å². The fourth-order valence-corrected chi connectivity index (χ4v) is 1.34. The molecule has 2 amide bonds. The van der Waals surface area contributed by atoms with Crippen LogP contribution in [-0.2, 0) is 4.79 Å². The van der Waals surface area contributed by atoms with Crippen molar-refractivity contribution in [3.8, 4) is 0 Å². The first-order valence-corrected chi connectivity index (χ1v) is 5.49. The van der Waals surface area contributed by atoms with Crippen LogP contribution in [0.15, 0.2) is 30.9 Å². The van der Waals surface area contributed by atoms with Gasteiger partial charge in [-0.05, 0) is 25.1 Å². The van der Waals surface area contributed by atoms with E-state index in [1.54, 1.807) is 13.0 Å². The Balaban J connectivity index is 2.48. The van der Waals surface area contributed by atoms with E-state index in [4.69, 9.17) is 0 Å². The number of halogens is 1. The summed E-state index contributed by atoms with van der Waals surface area (Å²) < 4.78 is 13.4. The molecule has 0 saturated heterocycles. The van der Waals surface area contributed by atoms with Crippen LogP contribution in [0, 0.1) is 12.7 Å². The van der Waals surface area contributed by atoms with Gasteiger partial charge in [0.05, 0.1) is 5.56 Å². The number of carbonyl (C=O) groups is 2. The summed E-state index contributed by atoms with van der Waals surface area (Å²) in [5, 5.41) is 5.02. The van der Waals surface area contributed by atoms with E-state index >= 15 is 0 Å². The van der Waals surface area contributed by atoms with E-state index in [1.165, 1.54) is 12.1 Å². The predicted octanol–water partition coefficient (Wildman–Crippen LogP) is 1.17. The lowest BCUT2D eigenvalue weighted by Crippen LogP contribution is -2.34. The Morgan fingerprint density at radius 2 is 2.00 bits per heavy atom. The molecule has 1 aromatic rings. The minimum Gasteiger partial charge on any atom is -0.351 e. The standard InChI is InChI=1S/C13H15FN2O2/c1-3-12(17)15-6-7-16-13(18)10-8-9(2)4-5-11(10)14/h3-5,8H,1,6-7H2,2H3,(H,15,17)(H,16,18). The summed E-state index contributed by atoms with van der Waals surface area (Å²) in [7, 11) is 0. The molecule has 5 heteroatoms. The highest BCUT2D eigenvalue weighted by Gasteiger charge is 2.10. The van der Waals surface area contributed by atoms with Crippen molar-refractivity contribution in [1.29, 1.82) is 0 Å². The number of aryl methyl sites for hydroxylation is 1. The maximum atomic E-state index is 13.4. The maximum Gasteiger partial charge on any atom is 0.254 e. The van der Waals surface area contributed by atoms with Gasteiger partial charge in [-0.25, -0.2) is 4.39 Å². The summed E-state index contributed by atoms with van der Waals surface area (Å²) in [6.45, 7) is 5.57. The Morgan fingerprint density at radius 1 is 1.33 bits per heavy atom. The van der Waals surface area contributed by atoms with Gasteiger partial charge in [-0.1, -0.05) is 18.2 Å². The Hall–Kier alpha value is -2.17. The quantitative estimate of drug-likeness (QED) is 0.608. The summed E-state index contributed by atoms with van der Waals surface area (Å²) in [4.78, 5) is 22.5. The lowest BCUT2D eigenvalue weighted by Gasteiger charge is -2.07. The van der Waals surface area contributed by atoms with Crippen molar-refractivity contribution in [3.63, 3.8) is 0 Å². The van der Waals surface area contributed by atoms with Gasteiger partial charge in [-0.3, -0.25) is 9.59 Å². The third kappa shape index (κ3) is 4.01. The number of benzene rings is 1. The minimum absolute atomic E-state index is 0.00467. The Bertz CT molecular complexity index is 472. The Labute approximate surface area is 105 Å². The van der Waals surface area contributed by atoms with Gasteiger partial charge in [0.2, 0.25) is 5.91 Å². The summed E-state index contributed by atoms with van der Waals surface area (Å²) in [5.41, 5.74) is 0.812. The van der Waals surface area contributed by atoms with Gasteiger partial charge < -0.3 is 10.6 Å². The van der Waals surface area contributed by atoms with Gasteiger partial charge in [0.25, 0.3) is 5.91 Å². The minimum atomic E-state index is -0.562. The van der Waals surface area contributed by atoms with Crippen LogP contribution in [0.3, 0.4) is 0 Å². The molecule has 1 rings (SSSR count). The molecule has 0 saturated carbocycles. The number of rotatable bonds is 5. The third-order valence-corrected chi connectivity index (χ3v) is 2.26. The highest BCUT2D eigenvalue weighted by molar-refractivity contribution is 5.94. The van der Waals surface area contributed by atoms with Crippen molar-refractivity contribution in [2.75, 3.05) is 13.1 Å². The lowest BCUT2D eigenvalue weighted by atomic mass is 10.1. The molecule has 0 unspecified atom stereocenters. The summed E-state index contributed by atoms with van der Waals surface area (Å²) in [5.74, 6) is -1.37. The van der Waals surface area contributed by atoms with Crippen molar-refractivity contribution >= 4 is 11.8 Å². The van der Waals surface area contributed by atoms with E-state index in [9.17, 15) is 14.0 Å². The van der Waals surface area contributed by atoms with Crippen molar-refractivity contribution < 1.29 is 14.0 Å². The van der Waals surface area contributed by atoms with Gasteiger partial charge >= 0.3 is 0 Å².